The van der Waals surface area contributed by atoms with Gasteiger partial charge in [0.15, 0.2) is 11.5 Å². The van der Waals surface area contributed by atoms with E-state index in [1.54, 1.807) is 23.9 Å². The monoisotopic (exact) mass is 199 g/mol. The number of aryl methyl sites for hydroxylation is 1. The summed E-state index contributed by atoms with van der Waals surface area (Å²) in [6.07, 6.45) is 0. The molecular formula is C11H9N3O. The van der Waals surface area contributed by atoms with Crippen molar-refractivity contribution in [1.29, 1.82) is 5.26 Å². The highest BCUT2D eigenvalue weighted by Crippen LogP contribution is 2.22. The normalized spacial score (nSPS) is 10.2. The zero-order valence-electron chi connectivity index (χ0n) is 8.48. The quantitative estimate of drug-likeness (QED) is 0.656. The number of rotatable bonds is 1. The number of hydrogen-bond acceptors (Lipinski definition) is 3. The van der Waals surface area contributed by atoms with Gasteiger partial charge in [-0.15, -0.1) is 0 Å². The first-order chi connectivity index (χ1) is 7.15. The number of hydrogen-bond donors (Lipinski definition) is 0. The van der Waals surface area contributed by atoms with Crippen molar-refractivity contribution in [1.82, 2.24) is 9.78 Å². The molecule has 0 saturated carbocycles. The molecule has 0 spiro atoms. The number of ketones is 1. The molecule has 15 heavy (non-hydrogen) atoms. The van der Waals surface area contributed by atoms with Crippen molar-refractivity contribution in [2.45, 2.75) is 6.92 Å². The summed E-state index contributed by atoms with van der Waals surface area (Å²) >= 11 is 0. The smallest absolute Gasteiger partial charge is 0.171 e. The summed E-state index contributed by atoms with van der Waals surface area (Å²) in [4.78, 5) is 11.4. The van der Waals surface area contributed by atoms with Crippen LogP contribution < -0.4 is 0 Å². The van der Waals surface area contributed by atoms with Crippen LogP contribution in [0.5, 0.6) is 0 Å². The van der Waals surface area contributed by atoms with Crippen molar-refractivity contribution in [2.75, 3.05) is 0 Å². The zero-order chi connectivity index (χ0) is 11.0. The lowest BCUT2D eigenvalue weighted by Crippen LogP contribution is -1.93. The van der Waals surface area contributed by atoms with Crippen LogP contribution in [0.25, 0.3) is 10.9 Å². The van der Waals surface area contributed by atoms with Gasteiger partial charge in [-0.1, -0.05) is 12.1 Å². The zero-order valence-corrected chi connectivity index (χ0v) is 8.48. The summed E-state index contributed by atoms with van der Waals surface area (Å²) in [6.45, 7) is 1.49. The minimum absolute atomic E-state index is 0.0508. The van der Waals surface area contributed by atoms with Crippen LogP contribution in [0.15, 0.2) is 18.2 Å². The van der Waals surface area contributed by atoms with E-state index < -0.39 is 0 Å². The van der Waals surface area contributed by atoms with Gasteiger partial charge in [-0.2, -0.15) is 10.4 Å². The molecule has 0 saturated heterocycles. The largest absolute Gasteiger partial charge is 0.294 e. The number of Topliss-reactive ketones (excluding diaryl/α,β-unsaturated/α-hetero) is 1. The molecule has 1 aromatic heterocycles. The Labute approximate surface area is 86.7 Å². The summed E-state index contributed by atoms with van der Waals surface area (Å²) in [7, 11) is 1.76. The Morgan fingerprint density at radius 1 is 1.53 bits per heavy atom. The van der Waals surface area contributed by atoms with Gasteiger partial charge in [0, 0.05) is 18.0 Å². The molecule has 0 unspecified atom stereocenters. The molecule has 4 nitrogen and oxygen atoms in total. The summed E-state index contributed by atoms with van der Waals surface area (Å²) in [6, 6.07) is 7.35. The van der Waals surface area contributed by atoms with Gasteiger partial charge in [0.25, 0.3) is 0 Å². The maximum atomic E-state index is 11.4. The molecule has 2 aromatic rings. The lowest BCUT2D eigenvalue weighted by molar-refractivity contribution is 0.101. The van der Waals surface area contributed by atoms with Gasteiger partial charge in [-0.05, 0) is 13.0 Å². The van der Waals surface area contributed by atoms with Crippen molar-refractivity contribution < 1.29 is 4.79 Å². The lowest BCUT2D eigenvalue weighted by Gasteiger charge is -1.98. The first-order valence-electron chi connectivity index (χ1n) is 4.52. The average Bonchev–Trinajstić information content (AvgIpc) is 2.55. The molecule has 74 valence electrons. The number of benzene rings is 1. The van der Waals surface area contributed by atoms with Crippen LogP contribution in [0.4, 0.5) is 0 Å². The Balaban J connectivity index is 2.96. The van der Waals surface area contributed by atoms with Crippen LogP contribution in [-0.2, 0) is 7.05 Å². The molecule has 0 aliphatic rings. The van der Waals surface area contributed by atoms with Crippen LogP contribution in [-0.4, -0.2) is 15.6 Å². The van der Waals surface area contributed by atoms with E-state index in [9.17, 15) is 4.79 Å². The van der Waals surface area contributed by atoms with Crippen molar-refractivity contribution in [2.24, 2.45) is 7.05 Å². The molecule has 0 atom stereocenters. The molecule has 0 radical (unpaired) electrons. The van der Waals surface area contributed by atoms with Crippen LogP contribution in [0.3, 0.4) is 0 Å². The molecule has 0 amide bonds. The third kappa shape index (κ3) is 1.29. The van der Waals surface area contributed by atoms with E-state index >= 15 is 0 Å². The van der Waals surface area contributed by atoms with Crippen molar-refractivity contribution >= 4 is 16.7 Å². The number of carbonyl (C=O) groups is 1. The minimum atomic E-state index is -0.0508. The molecule has 4 heteroatoms. The SMILES string of the molecule is CC(=O)c1cccc2c1c(C#N)nn2C. The second-order valence-corrected chi connectivity index (χ2v) is 3.34. The van der Waals surface area contributed by atoms with Gasteiger partial charge in [0.2, 0.25) is 0 Å². The molecule has 0 aliphatic heterocycles. The van der Waals surface area contributed by atoms with Gasteiger partial charge in [-0.3, -0.25) is 9.48 Å². The van der Waals surface area contributed by atoms with Gasteiger partial charge in [-0.25, -0.2) is 0 Å². The van der Waals surface area contributed by atoms with Gasteiger partial charge < -0.3 is 0 Å². The fraction of sp³-hybridized carbons (Fsp3) is 0.182. The van der Waals surface area contributed by atoms with E-state index in [0.717, 1.165) is 5.52 Å². The fourth-order valence-corrected chi connectivity index (χ4v) is 1.68. The van der Waals surface area contributed by atoms with E-state index in [0.29, 0.717) is 16.6 Å². The Morgan fingerprint density at radius 2 is 2.27 bits per heavy atom. The van der Waals surface area contributed by atoms with Crippen LogP contribution in [0.1, 0.15) is 23.0 Å². The average molecular weight is 199 g/mol. The van der Waals surface area contributed by atoms with Gasteiger partial charge in [0.05, 0.1) is 5.52 Å². The minimum Gasteiger partial charge on any atom is -0.294 e. The number of carbonyl (C=O) groups excluding carboxylic acids is 1. The van der Waals surface area contributed by atoms with Crippen LogP contribution >= 0.6 is 0 Å². The summed E-state index contributed by atoms with van der Waals surface area (Å²) < 4.78 is 1.61. The van der Waals surface area contributed by atoms with Gasteiger partial charge in [0.1, 0.15) is 6.07 Å². The summed E-state index contributed by atoms with van der Waals surface area (Å²) in [5, 5.41) is 13.6. The standard InChI is InChI=1S/C11H9N3O/c1-7(15)8-4-3-5-10-11(8)9(6-12)13-14(10)2/h3-5H,1-2H3. The Bertz CT molecular complexity index is 590. The Morgan fingerprint density at radius 3 is 2.87 bits per heavy atom. The molecule has 0 bridgehead atoms. The first kappa shape index (κ1) is 9.41. The fourth-order valence-electron chi connectivity index (χ4n) is 1.68. The second-order valence-electron chi connectivity index (χ2n) is 3.34. The number of fused-ring (bicyclic) bond motifs is 1. The molecule has 0 N–H and O–H groups in total. The third-order valence-corrected chi connectivity index (χ3v) is 2.36. The maximum absolute atomic E-state index is 11.4. The number of nitrogens with zero attached hydrogens (tertiary/aromatic N) is 3. The predicted molar refractivity (Wildman–Crippen MR) is 55.4 cm³/mol. The molecular weight excluding hydrogens is 190 g/mol. The lowest BCUT2D eigenvalue weighted by atomic mass is 10.1. The Hall–Kier alpha value is -2.15. The van der Waals surface area contributed by atoms with E-state index in [-0.39, 0.29) is 5.78 Å². The Kier molecular flexibility index (Phi) is 2.01. The topological polar surface area (TPSA) is 58.7 Å². The molecule has 1 heterocycles. The summed E-state index contributed by atoms with van der Waals surface area (Å²) in [5.74, 6) is -0.0508. The predicted octanol–water partition coefficient (Wildman–Crippen LogP) is 1.65. The molecule has 0 fully saturated rings. The van der Waals surface area contributed by atoms with E-state index in [1.807, 2.05) is 12.1 Å². The number of nitriles is 1. The van der Waals surface area contributed by atoms with Crippen LogP contribution in [0, 0.1) is 11.3 Å². The summed E-state index contributed by atoms with van der Waals surface area (Å²) in [5.41, 5.74) is 1.66. The highest BCUT2D eigenvalue weighted by Gasteiger charge is 2.14. The van der Waals surface area contributed by atoms with E-state index in [2.05, 4.69) is 5.10 Å². The highest BCUT2D eigenvalue weighted by atomic mass is 16.1. The highest BCUT2D eigenvalue weighted by molar-refractivity contribution is 6.07. The van der Waals surface area contributed by atoms with E-state index in [4.69, 9.17) is 5.26 Å². The first-order valence-corrected chi connectivity index (χ1v) is 4.52. The maximum Gasteiger partial charge on any atom is 0.171 e. The number of aromatic nitrogens is 2. The van der Waals surface area contributed by atoms with Crippen LogP contribution in [0.2, 0.25) is 0 Å². The third-order valence-electron chi connectivity index (χ3n) is 2.36. The molecule has 0 aliphatic carbocycles. The van der Waals surface area contributed by atoms with Gasteiger partial charge >= 0.3 is 0 Å². The molecule has 2 rings (SSSR count). The molecule has 1 aromatic carbocycles. The van der Waals surface area contributed by atoms with Crippen molar-refractivity contribution in [3.63, 3.8) is 0 Å². The van der Waals surface area contributed by atoms with Crippen molar-refractivity contribution in [3.8, 4) is 6.07 Å². The van der Waals surface area contributed by atoms with E-state index in [1.165, 1.54) is 6.92 Å². The second kappa shape index (κ2) is 3.21. The van der Waals surface area contributed by atoms with Crippen molar-refractivity contribution in [3.05, 3.63) is 29.5 Å².